The smallest absolute Gasteiger partial charge is 0.408 e. The molecule has 1 aromatic heterocycles. The van der Waals surface area contributed by atoms with Crippen LogP contribution in [0.25, 0.3) is 11.1 Å². The van der Waals surface area contributed by atoms with Gasteiger partial charge in [-0.1, -0.05) is 18.2 Å². The molecule has 2 N–H and O–H groups in total. The van der Waals surface area contributed by atoms with Crippen LogP contribution in [0, 0.1) is 0 Å². The number of amides is 1. The second-order valence-corrected chi connectivity index (χ2v) is 7.90. The Kier molecular flexibility index (Phi) is 5.65. The van der Waals surface area contributed by atoms with E-state index in [1.807, 2.05) is 51.1 Å². The largest absolute Gasteiger partial charge is 0.490 e. The molecule has 0 bridgehead atoms. The quantitative estimate of drug-likeness (QED) is 0.811. The van der Waals surface area contributed by atoms with E-state index in [0.717, 1.165) is 35.4 Å². The van der Waals surface area contributed by atoms with Crippen molar-refractivity contribution in [3.63, 3.8) is 0 Å². The van der Waals surface area contributed by atoms with Gasteiger partial charge in [-0.2, -0.15) is 0 Å². The summed E-state index contributed by atoms with van der Waals surface area (Å²) in [6, 6.07) is 10.3. The van der Waals surface area contributed by atoms with Crippen LogP contribution in [0.2, 0.25) is 0 Å². The molecule has 2 aromatic rings. The number of nitrogens with zero attached hydrogens (tertiary/aromatic N) is 2. The predicted octanol–water partition coefficient (Wildman–Crippen LogP) is 3.77. The highest BCUT2D eigenvalue weighted by molar-refractivity contribution is 5.67. The molecule has 1 atom stereocenters. The van der Waals surface area contributed by atoms with E-state index < -0.39 is 11.6 Å². The zero-order valence-electron chi connectivity index (χ0n) is 16.1. The van der Waals surface area contributed by atoms with Crippen LogP contribution in [-0.4, -0.2) is 45.8 Å². The molecule has 6 nitrogen and oxygen atoms in total. The molecule has 27 heavy (non-hydrogen) atoms. The molecule has 1 aromatic carbocycles. The number of hydrogen-bond donors (Lipinski definition) is 2. The van der Waals surface area contributed by atoms with E-state index in [2.05, 4.69) is 10.3 Å². The van der Waals surface area contributed by atoms with Crippen LogP contribution in [0.4, 0.5) is 4.79 Å². The van der Waals surface area contributed by atoms with Crippen molar-refractivity contribution in [1.82, 2.24) is 15.2 Å². The highest BCUT2D eigenvalue weighted by Gasteiger charge is 2.26. The van der Waals surface area contributed by atoms with E-state index in [1.165, 1.54) is 4.90 Å². The van der Waals surface area contributed by atoms with Gasteiger partial charge in [-0.05, 0) is 57.0 Å². The SMILES string of the molecule is CC(C)(C)N(Cc1cccc(-c2cncc(OCC3CCN3)c2)c1)C(=O)O. The molecule has 0 aliphatic carbocycles. The molecule has 1 saturated heterocycles. The minimum atomic E-state index is -0.922. The third-order valence-corrected chi connectivity index (χ3v) is 4.73. The number of carbonyl (C=O) groups is 1. The number of benzene rings is 1. The number of carboxylic acid groups (broad SMARTS) is 1. The maximum atomic E-state index is 11.6. The lowest BCUT2D eigenvalue weighted by Gasteiger charge is -2.33. The van der Waals surface area contributed by atoms with E-state index >= 15 is 0 Å². The Morgan fingerprint density at radius 2 is 2.07 bits per heavy atom. The van der Waals surface area contributed by atoms with Gasteiger partial charge in [0.05, 0.1) is 6.20 Å². The van der Waals surface area contributed by atoms with E-state index in [1.54, 1.807) is 12.4 Å². The van der Waals surface area contributed by atoms with Crippen LogP contribution >= 0.6 is 0 Å². The highest BCUT2D eigenvalue weighted by atomic mass is 16.5. The number of pyridine rings is 1. The second kappa shape index (κ2) is 7.96. The highest BCUT2D eigenvalue weighted by Crippen LogP contribution is 2.25. The van der Waals surface area contributed by atoms with Gasteiger partial charge in [0.25, 0.3) is 0 Å². The van der Waals surface area contributed by atoms with Crippen LogP contribution in [0.3, 0.4) is 0 Å². The summed E-state index contributed by atoms with van der Waals surface area (Å²) in [5.74, 6) is 0.744. The Balaban J connectivity index is 1.75. The molecule has 0 radical (unpaired) electrons. The summed E-state index contributed by atoms with van der Waals surface area (Å²) in [6.07, 6.45) is 3.74. The summed E-state index contributed by atoms with van der Waals surface area (Å²) in [7, 11) is 0. The average Bonchev–Trinajstić information content (AvgIpc) is 2.58. The Morgan fingerprint density at radius 3 is 2.70 bits per heavy atom. The normalized spacial score (nSPS) is 16.5. The standard InChI is InChI=1S/C21H27N3O3/c1-21(2,3)24(20(25)26)13-15-5-4-6-16(9-15)17-10-19(12-22-11-17)27-14-18-7-8-23-18/h4-6,9-12,18,23H,7-8,13-14H2,1-3H3,(H,25,26). The molecule has 1 aliphatic heterocycles. The van der Waals surface area contributed by atoms with Crippen LogP contribution in [-0.2, 0) is 6.54 Å². The fourth-order valence-electron chi connectivity index (χ4n) is 2.97. The predicted molar refractivity (Wildman–Crippen MR) is 105 cm³/mol. The van der Waals surface area contributed by atoms with E-state index in [0.29, 0.717) is 19.2 Å². The van der Waals surface area contributed by atoms with Crippen molar-refractivity contribution in [1.29, 1.82) is 0 Å². The Labute approximate surface area is 160 Å². The second-order valence-electron chi connectivity index (χ2n) is 7.90. The first kappa shape index (κ1) is 19.2. The Bertz CT molecular complexity index is 797. The first-order valence-corrected chi connectivity index (χ1v) is 9.24. The summed E-state index contributed by atoms with van der Waals surface area (Å²) in [6.45, 7) is 7.72. The molecule has 2 heterocycles. The number of aromatic nitrogens is 1. The van der Waals surface area contributed by atoms with Gasteiger partial charge in [-0.25, -0.2) is 4.79 Å². The molecule has 6 heteroatoms. The molecular formula is C21H27N3O3. The first-order chi connectivity index (χ1) is 12.8. The summed E-state index contributed by atoms with van der Waals surface area (Å²) in [4.78, 5) is 17.3. The number of hydrogen-bond acceptors (Lipinski definition) is 4. The van der Waals surface area contributed by atoms with Crippen molar-refractivity contribution in [2.75, 3.05) is 13.2 Å². The fourth-order valence-corrected chi connectivity index (χ4v) is 2.97. The molecule has 3 rings (SSSR count). The zero-order valence-corrected chi connectivity index (χ0v) is 16.1. The van der Waals surface area contributed by atoms with Gasteiger partial charge in [-0.15, -0.1) is 0 Å². The van der Waals surface area contributed by atoms with E-state index in [4.69, 9.17) is 4.74 Å². The fraction of sp³-hybridized carbons (Fsp3) is 0.429. The van der Waals surface area contributed by atoms with Crippen LogP contribution in [0.5, 0.6) is 5.75 Å². The number of nitrogens with one attached hydrogen (secondary N) is 1. The molecule has 0 spiro atoms. The van der Waals surface area contributed by atoms with Crippen molar-refractivity contribution in [3.05, 3.63) is 48.3 Å². The Morgan fingerprint density at radius 1 is 1.30 bits per heavy atom. The lowest BCUT2D eigenvalue weighted by atomic mass is 10.0. The monoisotopic (exact) mass is 369 g/mol. The third-order valence-electron chi connectivity index (χ3n) is 4.73. The van der Waals surface area contributed by atoms with Gasteiger partial charge in [-0.3, -0.25) is 9.88 Å². The maximum absolute atomic E-state index is 11.6. The van der Waals surface area contributed by atoms with Crippen LogP contribution in [0.15, 0.2) is 42.7 Å². The maximum Gasteiger partial charge on any atom is 0.408 e. The average molecular weight is 369 g/mol. The minimum Gasteiger partial charge on any atom is -0.490 e. The molecular weight excluding hydrogens is 342 g/mol. The zero-order chi connectivity index (χ0) is 19.4. The minimum absolute atomic E-state index is 0.337. The number of rotatable bonds is 6. The summed E-state index contributed by atoms with van der Waals surface area (Å²) in [5.41, 5.74) is 2.42. The topological polar surface area (TPSA) is 74.7 Å². The molecule has 0 saturated carbocycles. The van der Waals surface area contributed by atoms with Crippen LogP contribution in [0.1, 0.15) is 32.8 Å². The van der Waals surface area contributed by atoms with Gasteiger partial charge in [0.2, 0.25) is 0 Å². The summed E-state index contributed by atoms with van der Waals surface area (Å²) in [5, 5.41) is 12.8. The lowest BCUT2D eigenvalue weighted by molar-refractivity contribution is 0.0956. The molecule has 1 fully saturated rings. The van der Waals surface area contributed by atoms with Crippen molar-refractivity contribution in [2.24, 2.45) is 0 Å². The first-order valence-electron chi connectivity index (χ1n) is 9.24. The van der Waals surface area contributed by atoms with Gasteiger partial charge < -0.3 is 15.2 Å². The van der Waals surface area contributed by atoms with Crippen molar-refractivity contribution >= 4 is 6.09 Å². The van der Waals surface area contributed by atoms with Crippen LogP contribution < -0.4 is 10.1 Å². The van der Waals surface area contributed by atoms with Gasteiger partial charge >= 0.3 is 6.09 Å². The lowest BCUT2D eigenvalue weighted by Crippen LogP contribution is -2.46. The summed E-state index contributed by atoms with van der Waals surface area (Å²) < 4.78 is 5.83. The van der Waals surface area contributed by atoms with Crippen molar-refractivity contribution in [3.8, 4) is 16.9 Å². The third kappa shape index (κ3) is 4.98. The van der Waals surface area contributed by atoms with Gasteiger partial charge in [0.15, 0.2) is 0 Å². The molecule has 1 unspecified atom stereocenters. The molecule has 1 aliphatic rings. The number of ether oxygens (including phenoxy) is 1. The molecule has 144 valence electrons. The molecule has 1 amide bonds. The Hall–Kier alpha value is -2.60. The van der Waals surface area contributed by atoms with Gasteiger partial charge in [0, 0.05) is 29.9 Å². The van der Waals surface area contributed by atoms with Crippen molar-refractivity contribution < 1.29 is 14.6 Å². The van der Waals surface area contributed by atoms with E-state index in [-0.39, 0.29) is 0 Å². The van der Waals surface area contributed by atoms with E-state index in [9.17, 15) is 9.90 Å². The van der Waals surface area contributed by atoms with Gasteiger partial charge in [0.1, 0.15) is 12.4 Å². The summed E-state index contributed by atoms with van der Waals surface area (Å²) >= 11 is 0. The van der Waals surface area contributed by atoms with Crippen molar-refractivity contribution in [2.45, 2.75) is 45.3 Å².